The molecule has 2 aliphatic rings. The van der Waals surface area contributed by atoms with Gasteiger partial charge < -0.3 is 10.0 Å². The van der Waals surface area contributed by atoms with Crippen molar-refractivity contribution in [1.29, 1.82) is 0 Å². The second-order valence-corrected chi connectivity index (χ2v) is 8.13. The number of rotatable bonds is 4. The lowest BCUT2D eigenvalue weighted by Crippen LogP contribution is -2.46. The normalized spacial score (nSPS) is 18.7. The third-order valence-corrected chi connectivity index (χ3v) is 6.60. The minimum atomic E-state index is 0.0375. The summed E-state index contributed by atoms with van der Waals surface area (Å²) in [4.78, 5) is 5.05. The van der Waals surface area contributed by atoms with Crippen LogP contribution in [0.2, 0.25) is 5.02 Å². The first-order chi connectivity index (χ1) is 13.1. The average Bonchev–Trinajstić information content (AvgIpc) is 3.07. The van der Waals surface area contributed by atoms with E-state index in [1.807, 2.05) is 6.92 Å². The summed E-state index contributed by atoms with van der Waals surface area (Å²) in [6, 6.07) is 6.99. The number of aliphatic hydroxyl groups is 1. The van der Waals surface area contributed by atoms with Gasteiger partial charge in [-0.3, -0.25) is 9.58 Å². The van der Waals surface area contributed by atoms with Crippen molar-refractivity contribution >= 4 is 17.3 Å². The third-order valence-electron chi connectivity index (χ3n) is 6.20. The molecule has 146 valence electrons. The van der Waals surface area contributed by atoms with Gasteiger partial charge in [0.15, 0.2) is 0 Å². The van der Waals surface area contributed by atoms with Gasteiger partial charge in [0.1, 0.15) is 0 Å². The standard InChI is InChI=1S/C21H29ClN4O/c1-3-26-21-8-11-25(13-18(21)20(14-27)23-26)16-6-9-24(10-7-16)17-5-4-15(2)19(22)12-17/h4-5,12,16,27H,3,6-11,13-14H2,1-2H3. The van der Waals surface area contributed by atoms with E-state index < -0.39 is 0 Å². The van der Waals surface area contributed by atoms with Crippen LogP contribution in [0, 0.1) is 6.92 Å². The van der Waals surface area contributed by atoms with Gasteiger partial charge >= 0.3 is 0 Å². The summed E-state index contributed by atoms with van der Waals surface area (Å²) in [5, 5.41) is 15.1. The van der Waals surface area contributed by atoms with E-state index >= 15 is 0 Å². The molecule has 0 saturated carbocycles. The van der Waals surface area contributed by atoms with Gasteiger partial charge in [0.05, 0.1) is 12.3 Å². The minimum Gasteiger partial charge on any atom is -0.390 e. The molecule has 1 aromatic carbocycles. The molecule has 1 fully saturated rings. The van der Waals surface area contributed by atoms with Crippen LogP contribution >= 0.6 is 11.6 Å². The fourth-order valence-electron chi connectivity index (χ4n) is 4.55. The highest BCUT2D eigenvalue weighted by molar-refractivity contribution is 6.31. The smallest absolute Gasteiger partial charge is 0.0926 e. The zero-order valence-electron chi connectivity index (χ0n) is 16.3. The first-order valence-electron chi connectivity index (χ1n) is 10.0. The Morgan fingerprint density at radius 1 is 1.22 bits per heavy atom. The fraction of sp³-hybridized carbons (Fsp3) is 0.571. The molecule has 1 saturated heterocycles. The molecule has 0 radical (unpaired) electrons. The number of anilines is 1. The number of aryl methyl sites for hydroxylation is 2. The molecule has 0 aliphatic carbocycles. The predicted octanol–water partition coefficient (Wildman–Crippen LogP) is 3.38. The second-order valence-electron chi connectivity index (χ2n) is 7.72. The van der Waals surface area contributed by atoms with E-state index in [2.05, 4.69) is 44.7 Å². The summed E-state index contributed by atoms with van der Waals surface area (Å²) in [5.74, 6) is 0. The largest absolute Gasteiger partial charge is 0.390 e. The molecule has 2 aromatic rings. The van der Waals surface area contributed by atoms with Crippen molar-refractivity contribution in [2.24, 2.45) is 0 Å². The number of piperidine rings is 1. The monoisotopic (exact) mass is 388 g/mol. The maximum Gasteiger partial charge on any atom is 0.0926 e. The molecule has 4 rings (SSSR count). The lowest BCUT2D eigenvalue weighted by Gasteiger charge is -2.41. The van der Waals surface area contributed by atoms with Crippen molar-refractivity contribution in [3.8, 4) is 0 Å². The van der Waals surface area contributed by atoms with E-state index in [0.29, 0.717) is 6.04 Å². The fourth-order valence-corrected chi connectivity index (χ4v) is 4.73. The lowest BCUT2D eigenvalue weighted by atomic mass is 9.97. The SMILES string of the molecule is CCn1nc(CO)c2c1CCN(C1CCN(c3ccc(C)c(Cl)c3)CC1)C2. The summed E-state index contributed by atoms with van der Waals surface area (Å²) in [5.41, 5.74) is 5.81. The number of hydrogen-bond donors (Lipinski definition) is 1. The van der Waals surface area contributed by atoms with Gasteiger partial charge in [-0.25, -0.2) is 0 Å². The molecular formula is C21H29ClN4O. The van der Waals surface area contributed by atoms with Crippen LogP contribution in [0.25, 0.3) is 0 Å². The van der Waals surface area contributed by atoms with Crippen molar-refractivity contribution in [2.75, 3.05) is 24.5 Å². The topological polar surface area (TPSA) is 44.5 Å². The number of nitrogens with zero attached hydrogens (tertiary/aromatic N) is 4. The Labute approximate surface area is 166 Å². The van der Waals surface area contributed by atoms with Crippen LogP contribution in [0.15, 0.2) is 18.2 Å². The first kappa shape index (κ1) is 18.8. The molecule has 0 amide bonds. The average molecular weight is 389 g/mol. The van der Waals surface area contributed by atoms with Crippen LogP contribution < -0.4 is 4.90 Å². The second kappa shape index (κ2) is 7.82. The Kier molecular flexibility index (Phi) is 5.44. The van der Waals surface area contributed by atoms with Gasteiger partial charge in [0.25, 0.3) is 0 Å². The number of aromatic nitrogens is 2. The van der Waals surface area contributed by atoms with Gasteiger partial charge in [0, 0.05) is 67.2 Å². The Morgan fingerprint density at radius 2 is 2.00 bits per heavy atom. The number of benzene rings is 1. The zero-order valence-corrected chi connectivity index (χ0v) is 17.0. The highest BCUT2D eigenvalue weighted by Crippen LogP contribution is 2.30. The first-order valence-corrected chi connectivity index (χ1v) is 10.4. The van der Waals surface area contributed by atoms with Crippen molar-refractivity contribution < 1.29 is 5.11 Å². The van der Waals surface area contributed by atoms with Crippen LogP contribution in [-0.4, -0.2) is 45.5 Å². The minimum absolute atomic E-state index is 0.0375. The molecule has 2 aliphatic heterocycles. The lowest BCUT2D eigenvalue weighted by molar-refractivity contribution is 0.150. The summed E-state index contributed by atoms with van der Waals surface area (Å²) >= 11 is 6.31. The Bertz CT molecular complexity index is 811. The molecule has 0 unspecified atom stereocenters. The number of hydrogen-bond acceptors (Lipinski definition) is 4. The molecule has 1 aromatic heterocycles. The molecule has 5 nitrogen and oxygen atoms in total. The van der Waals surface area contributed by atoms with Gasteiger partial charge in [-0.05, 0) is 44.4 Å². The van der Waals surface area contributed by atoms with E-state index in [-0.39, 0.29) is 6.61 Å². The number of aliphatic hydroxyl groups excluding tert-OH is 1. The van der Waals surface area contributed by atoms with E-state index in [1.54, 1.807) is 0 Å². The van der Waals surface area contributed by atoms with Gasteiger partial charge in [0.2, 0.25) is 0 Å². The summed E-state index contributed by atoms with van der Waals surface area (Å²) in [6.45, 7) is 9.22. The van der Waals surface area contributed by atoms with E-state index in [0.717, 1.165) is 68.3 Å². The molecule has 27 heavy (non-hydrogen) atoms. The highest BCUT2D eigenvalue weighted by atomic mass is 35.5. The Morgan fingerprint density at radius 3 is 2.67 bits per heavy atom. The maximum atomic E-state index is 9.69. The summed E-state index contributed by atoms with van der Waals surface area (Å²) in [7, 11) is 0. The summed E-state index contributed by atoms with van der Waals surface area (Å²) in [6.07, 6.45) is 3.36. The van der Waals surface area contributed by atoms with E-state index in [4.69, 9.17) is 11.6 Å². The number of fused-ring (bicyclic) bond motifs is 1. The van der Waals surface area contributed by atoms with Crippen LogP contribution in [-0.2, 0) is 26.1 Å². The predicted molar refractivity (Wildman–Crippen MR) is 109 cm³/mol. The van der Waals surface area contributed by atoms with Crippen LogP contribution in [0.5, 0.6) is 0 Å². The van der Waals surface area contributed by atoms with Crippen molar-refractivity contribution in [3.05, 3.63) is 45.7 Å². The highest BCUT2D eigenvalue weighted by Gasteiger charge is 2.30. The van der Waals surface area contributed by atoms with Gasteiger partial charge in [-0.2, -0.15) is 5.10 Å². The molecule has 6 heteroatoms. The molecule has 0 spiro atoms. The van der Waals surface area contributed by atoms with Crippen molar-refractivity contribution in [2.45, 2.75) is 58.8 Å². The van der Waals surface area contributed by atoms with Gasteiger partial charge in [-0.15, -0.1) is 0 Å². The van der Waals surface area contributed by atoms with Crippen molar-refractivity contribution in [3.63, 3.8) is 0 Å². The van der Waals surface area contributed by atoms with Gasteiger partial charge in [-0.1, -0.05) is 17.7 Å². The van der Waals surface area contributed by atoms with Crippen LogP contribution in [0.1, 0.15) is 42.3 Å². The molecule has 3 heterocycles. The molecule has 1 N–H and O–H groups in total. The van der Waals surface area contributed by atoms with E-state index in [9.17, 15) is 5.11 Å². The Balaban J connectivity index is 1.42. The number of halogens is 1. The maximum absolute atomic E-state index is 9.69. The van der Waals surface area contributed by atoms with Crippen molar-refractivity contribution in [1.82, 2.24) is 14.7 Å². The zero-order chi connectivity index (χ0) is 19.0. The summed E-state index contributed by atoms with van der Waals surface area (Å²) < 4.78 is 2.07. The molecule has 0 atom stereocenters. The Hall–Kier alpha value is -1.56. The molecule has 0 bridgehead atoms. The third kappa shape index (κ3) is 3.60. The quantitative estimate of drug-likeness (QED) is 0.872. The van der Waals surface area contributed by atoms with Crippen LogP contribution in [0.4, 0.5) is 5.69 Å². The molecular weight excluding hydrogens is 360 g/mol. The van der Waals surface area contributed by atoms with Crippen LogP contribution in [0.3, 0.4) is 0 Å². The van der Waals surface area contributed by atoms with E-state index in [1.165, 1.54) is 16.9 Å².